The van der Waals surface area contributed by atoms with Gasteiger partial charge in [-0.3, -0.25) is 0 Å². The van der Waals surface area contributed by atoms with E-state index in [1.165, 1.54) is 12.0 Å². The molecule has 0 bridgehead atoms. The molecule has 0 aliphatic rings. The number of methoxy groups -OCH3 is 1. The normalized spacial score (nSPS) is 10.4. The van der Waals surface area contributed by atoms with Gasteiger partial charge in [0.25, 0.3) is 0 Å². The average molecular weight is 212 g/mol. The molecule has 14 heavy (non-hydrogen) atoms. The van der Waals surface area contributed by atoms with Gasteiger partial charge in [-0.2, -0.15) is 5.10 Å². The summed E-state index contributed by atoms with van der Waals surface area (Å²) in [6, 6.07) is 4.01. The lowest BCUT2D eigenvalue weighted by Crippen LogP contribution is -2.16. The van der Waals surface area contributed by atoms with E-state index < -0.39 is 6.09 Å². The van der Waals surface area contributed by atoms with Crippen molar-refractivity contribution in [3.8, 4) is 0 Å². The van der Waals surface area contributed by atoms with Gasteiger partial charge in [-0.1, -0.05) is 6.92 Å². The Morgan fingerprint density at radius 2 is 2.50 bits per heavy atom. The topological polar surface area (TPSA) is 50.7 Å². The third-order valence-electron chi connectivity index (χ3n) is 1.56. The molecule has 0 spiro atoms. The summed E-state index contributed by atoms with van der Waals surface area (Å²) >= 11 is 1.65. The molecule has 0 atom stereocenters. The molecule has 76 valence electrons. The Morgan fingerprint density at radius 1 is 1.71 bits per heavy atom. The zero-order chi connectivity index (χ0) is 10.4. The fourth-order valence-electron chi connectivity index (χ4n) is 0.848. The number of aryl methyl sites for hydroxylation is 1. The third kappa shape index (κ3) is 3.18. The number of hydrazone groups is 1. The van der Waals surface area contributed by atoms with Crippen molar-refractivity contribution in [1.82, 2.24) is 5.43 Å². The first-order valence-corrected chi connectivity index (χ1v) is 5.03. The standard InChI is InChI=1S/C9H12N2O2S/c1-3-7-4-5-8(14-7)6-10-11-9(12)13-2/h4-6H,3H2,1-2H3,(H,11,12)/b10-6+. The van der Waals surface area contributed by atoms with E-state index in [9.17, 15) is 4.79 Å². The predicted molar refractivity (Wildman–Crippen MR) is 56.8 cm³/mol. The van der Waals surface area contributed by atoms with Crippen LogP contribution in [0.15, 0.2) is 17.2 Å². The summed E-state index contributed by atoms with van der Waals surface area (Å²) in [5.74, 6) is 0. The summed E-state index contributed by atoms with van der Waals surface area (Å²) in [6.07, 6.45) is 2.05. The molecule has 0 saturated carbocycles. The molecule has 5 heteroatoms. The van der Waals surface area contributed by atoms with Gasteiger partial charge >= 0.3 is 6.09 Å². The number of thiophene rings is 1. The van der Waals surface area contributed by atoms with Crippen molar-refractivity contribution in [3.05, 3.63) is 21.9 Å². The number of amides is 1. The van der Waals surface area contributed by atoms with Crippen molar-refractivity contribution < 1.29 is 9.53 Å². The number of rotatable bonds is 3. The monoisotopic (exact) mass is 212 g/mol. The molecular formula is C9H12N2O2S. The molecule has 0 radical (unpaired) electrons. The molecule has 0 aromatic carbocycles. The van der Waals surface area contributed by atoms with Crippen molar-refractivity contribution in [1.29, 1.82) is 0 Å². The molecule has 0 aliphatic heterocycles. The van der Waals surface area contributed by atoms with Crippen molar-refractivity contribution in [2.45, 2.75) is 13.3 Å². The maximum atomic E-state index is 10.6. The first-order chi connectivity index (χ1) is 6.76. The van der Waals surface area contributed by atoms with Crippen LogP contribution >= 0.6 is 11.3 Å². The van der Waals surface area contributed by atoms with E-state index >= 15 is 0 Å². The van der Waals surface area contributed by atoms with Gasteiger partial charge in [0.15, 0.2) is 0 Å². The van der Waals surface area contributed by atoms with Crippen LogP contribution in [0.2, 0.25) is 0 Å². The minimum absolute atomic E-state index is 0.562. The third-order valence-corrected chi connectivity index (χ3v) is 2.73. The summed E-state index contributed by atoms with van der Waals surface area (Å²) in [7, 11) is 1.30. The van der Waals surface area contributed by atoms with Gasteiger partial charge in [-0.25, -0.2) is 10.2 Å². The predicted octanol–water partition coefficient (Wildman–Crippen LogP) is 2.00. The minimum atomic E-state index is -0.562. The van der Waals surface area contributed by atoms with Gasteiger partial charge in [-0.15, -0.1) is 11.3 Å². The van der Waals surface area contributed by atoms with Gasteiger partial charge in [-0.05, 0) is 18.6 Å². The fourth-order valence-corrected chi connectivity index (χ4v) is 1.67. The number of nitrogens with one attached hydrogen (secondary N) is 1. The first kappa shape index (κ1) is 10.7. The molecule has 0 saturated heterocycles. The van der Waals surface area contributed by atoms with Crippen LogP contribution in [-0.2, 0) is 11.2 Å². The van der Waals surface area contributed by atoms with Crippen molar-refractivity contribution in [2.75, 3.05) is 7.11 Å². The zero-order valence-electron chi connectivity index (χ0n) is 8.11. The van der Waals surface area contributed by atoms with Gasteiger partial charge < -0.3 is 4.74 Å². The Morgan fingerprint density at radius 3 is 3.07 bits per heavy atom. The number of carbonyl (C=O) groups is 1. The highest BCUT2D eigenvalue weighted by Crippen LogP contribution is 2.14. The molecule has 1 aromatic heterocycles. The smallest absolute Gasteiger partial charge is 0.427 e. The molecule has 0 unspecified atom stereocenters. The maximum Gasteiger partial charge on any atom is 0.427 e. The number of ether oxygens (including phenoxy) is 1. The van der Waals surface area contributed by atoms with E-state index in [1.54, 1.807) is 17.6 Å². The Balaban J connectivity index is 2.47. The Bertz CT molecular complexity index is 333. The van der Waals surface area contributed by atoms with E-state index in [2.05, 4.69) is 22.2 Å². The van der Waals surface area contributed by atoms with Gasteiger partial charge in [0.05, 0.1) is 13.3 Å². The Kier molecular flexibility index (Phi) is 4.12. The summed E-state index contributed by atoms with van der Waals surface area (Å²) in [5.41, 5.74) is 2.22. The Labute approximate surface area is 86.6 Å². The summed E-state index contributed by atoms with van der Waals surface area (Å²) in [5, 5.41) is 3.72. The molecule has 1 heterocycles. The molecule has 1 rings (SSSR count). The van der Waals surface area contributed by atoms with Gasteiger partial charge in [0.1, 0.15) is 0 Å². The Hall–Kier alpha value is -1.36. The number of hydrogen-bond donors (Lipinski definition) is 1. The summed E-state index contributed by atoms with van der Waals surface area (Å²) in [6.45, 7) is 2.10. The highest BCUT2D eigenvalue weighted by Gasteiger charge is 1.96. The number of nitrogens with zero attached hydrogens (tertiary/aromatic N) is 1. The molecule has 0 fully saturated rings. The van der Waals surface area contributed by atoms with Crippen molar-refractivity contribution in [2.24, 2.45) is 5.10 Å². The van der Waals surface area contributed by atoms with Crippen molar-refractivity contribution >= 4 is 23.6 Å². The maximum absolute atomic E-state index is 10.6. The minimum Gasteiger partial charge on any atom is -0.452 e. The van der Waals surface area contributed by atoms with E-state index in [-0.39, 0.29) is 0 Å². The largest absolute Gasteiger partial charge is 0.452 e. The highest BCUT2D eigenvalue weighted by atomic mass is 32.1. The second kappa shape index (κ2) is 5.39. The quantitative estimate of drug-likeness (QED) is 0.615. The molecule has 1 amide bonds. The van der Waals surface area contributed by atoms with E-state index in [1.807, 2.05) is 12.1 Å². The highest BCUT2D eigenvalue weighted by molar-refractivity contribution is 7.13. The lowest BCUT2D eigenvalue weighted by Gasteiger charge is -1.93. The molecular weight excluding hydrogens is 200 g/mol. The van der Waals surface area contributed by atoms with Crippen LogP contribution in [0.25, 0.3) is 0 Å². The van der Waals surface area contributed by atoms with Crippen LogP contribution < -0.4 is 5.43 Å². The van der Waals surface area contributed by atoms with Gasteiger partial charge in [0, 0.05) is 9.75 Å². The molecule has 0 aliphatic carbocycles. The van der Waals surface area contributed by atoms with Crippen LogP contribution in [0.4, 0.5) is 4.79 Å². The van der Waals surface area contributed by atoms with Gasteiger partial charge in [0.2, 0.25) is 0 Å². The SMILES string of the molecule is CCc1ccc(/C=N/NC(=O)OC)s1. The van der Waals surface area contributed by atoms with E-state index in [0.29, 0.717) is 0 Å². The van der Waals surface area contributed by atoms with Crippen LogP contribution in [0.5, 0.6) is 0 Å². The van der Waals surface area contributed by atoms with Crippen molar-refractivity contribution in [3.63, 3.8) is 0 Å². The summed E-state index contributed by atoms with van der Waals surface area (Å²) < 4.78 is 4.35. The van der Waals surface area contributed by atoms with Crippen LogP contribution in [0, 0.1) is 0 Å². The lowest BCUT2D eigenvalue weighted by atomic mass is 10.4. The average Bonchev–Trinajstić information content (AvgIpc) is 2.65. The molecule has 4 nitrogen and oxygen atoms in total. The molecule has 1 aromatic rings. The summed E-state index contributed by atoms with van der Waals surface area (Å²) in [4.78, 5) is 12.9. The second-order valence-corrected chi connectivity index (χ2v) is 3.72. The van der Waals surface area contributed by atoms with Crippen LogP contribution in [0.3, 0.4) is 0 Å². The van der Waals surface area contributed by atoms with E-state index in [0.717, 1.165) is 11.3 Å². The van der Waals surface area contributed by atoms with Crippen LogP contribution in [0.1, 0.15) is 16.7 Å². The first-order valence-electron chi connectivity index (χ1n) is 4.22. The lowest BCUT2D eigenvalue weighted by molar-refractivity contribution is 0.171. The van der Waals surface area contributed by atoms with E-state index in [4.69, 9.17) is 0 Å². The van der Waals surface area contributed by atoms with Crippen LogP contribution in [-0.4, -0.2) is 19.4 Å². The second-order valence-electron chi connectivity index (χ2n) is 2.52. The zero-order valence-corrected chi connectivity index (χ0v) is 8.93. The molecule has 1 N–H and O–H groups in total. The number of hydrogen-bond acceptors (Lipinski definition) is 4. The fraction of sp³-hybridized carbons (Fsp3) is 0.333. The number of carbonyl (C=O) groups excluding carboxylic acids is 1.